The van der Waals surface area contributed by atoms with Gasteiger partial charge in [0, 0.05) is 12.1 Å². The molecule has 1 aliphatic heterocycles. The van der Waals surface area contributed by atoms with Crippen LogP contribution in [0, 0.1) is 6.92 Å². The van der Waals surface area contributed by atoms with E-state index in [2.05, 4.69) is 0 Å². The fourth-order valence-corrected chi connectivity index (χ4v) is 3.00. The molecule has 0 saturated carbocycles. The third-order valence-corrected chi connectivity index (χ3v) is 4.19. The van der Waals surface area contributed by atoms with Gasteiger partial charge in [0.1, 0.15) is 0 Å². The van der Waals surface area contributed by atoms with Crippen molar-refractivity contribution in [2.75, 3.05) is 6.54 Å². The van der Waals surface area contributed by atoms with E-state index in [1.54, 1.807) is 13.0 Å². The number of rotatable bonds is 2. The Morgan fingerprint density at radius 3 is 2.71 bits per heavy atom. The minimum atomic E-state index is -4.46. The minimum Gasteiger partial charge on any atom is -0.459 e. The van der Waals surface area contributed by atoms with Gasteiger partial charge in [-0.3, -0.25) is 4.79 Å². The number of hydrogen-bond donors (Lipinski definition) is 1. The number of halogens is 3. The smallest absolute Gasteiger partial charge is 0.416 e. The van der Waals surface area contributed by atoms with Gasteiger partial charge in [-0.15, -0.1) is 0 Å². The van der Waals surface area contributed by atoms with Gasteiger partial charge < -0.3 is 14.4 Å². The first-order valence-corrected chi connectivity index (χ1v) is 7.47. The van der Waals surface area contributed by atoms with E-state index in [0.717, 1.165) is 12.1 Å². The second-order valence-electron chi connectivity index (χ2n) is 5.92. The molecule has 1 N–H and O–H groups in total. The number of nitrogens with zero attached hydrogens (tertiary/aromatic N) is 1. The molecule has 2 aromatic rings. The highest BCUT2D eigenvalue weighted by Gasteiger charge is 2.38. The molecule has 1 fully saturated rings. The normalized spacial score (nSPS) is 21.3. The molecule has 1 amide bonds. The average Bonchev–Trinajstić information content (AvgIpc) is 3.12. The molecule has 2 unspecified atom stereocenters. The van der Waals surface area contributed by atoms with Crippen LogP contribution in [0.3, 0.4) is 0 Å². The summed E-state index contributed by atoms with van der Waals surface area (Å²) >= 11 is 0. The van der Waals surface area contributed by atoms with Crippen LogP contribution in [-0.4, -0.2) is 28.6 Å². The maximum absolute atomic E-state index is 12.9. The lowest BCUT2D eigenvalue weighted by Crippen LogP contribution is -2.32. The number of carbonyl (C=O) groups is 1. The van der Waals surface area contributed by atoms with E-state index >= 15 is 0 Å². The van der Waals surface area contributed by atoms with E-state index in [-0.39, 0.29) is 18.7 Å². The monoisotopic (exact) mass is 339 g/mol. The molecule has 0 radical (unpaired) electrons. The summed E-state index contributed by atoms with van der Waals surface area (Å²) in [4.78, 5) is 14.0. The number of alkyl halides is 3. The van der Waals surface area contributed by atoms with Crippen LogP contribution in [0.25, 0.3) is 0 Å². The molecule has 0 bridgehead atoms. The van der Waals surface area contributed by atoms with Crippen molar-refractivity contribution >= 4 is 5.91 Å². The number of furan rings is 1. The summed E-state index contributed by atoms with van der Waals surface area (Å²) in [7, 11) is 0. The number of hydrogen-bond acceptors (Lipinski definition) is 3. The average molecular weight is 339 g/mol. The zero-order chi connectivity index (χ0) is 17.5. The van der Waals surface area contributed by atoms with Crippen molar-refractivity contribution in [2.45, 2.75) is 31.7 Å². The van der Waals surface area contributed by atoms with Crippen molar-refractivity contribution in [3.8, 4) is 0 Å². The Labute approximate surface area is 136 Å². The van der Waals surface area contributed by atoms with Gasteiger partial charge in [0.25, 0.3) is 5.91 Å². The van der Waals surface area contributed by atoms with Crippen molar-refractivity contribution < 1.29 is 27.5 Å². The summed E-state index contributed by atoms with van der Waals surface area (Å²) in [6, 6.07) is 5.87. The van der Waals surface area contributed by atoms with Gasteiger partial charge in [-0.1, -0.05) is 12.1 Å². The largest absolute Gasteiger partial charge is 0.459 e. The first-order valence-electron chi connectivity index (χ1n) is 7.47. The molecular weight excluding hydrogens is 323 g/mol. The first-order chi connectivity index (χ1) is 11.3. The second-order valence-corrected chi connectivity index (χ2v) is 5.92. The van der Waals surface area contributed by atoms with Crippen molar-refractivity contribution in [3.63, 3.8) is 0 Å². The van der Waals surface area contributed by atoms with Crippen molar-refractivity contribution in [2.24, 2.45) is 0 Å². The van der Waals surface area contributed by atoms with E-state index in [1.807, 2.05) is 0 Å². The number of likely N-dealkylation sites (tertiary alicyclic amines) is 1. The Morgan fingerprint density at radius 1 is 1.33 bits per heavy atom. The van der Waals surface area contributed by atoms with E-state index in [1.165, 1.54) is 23.3 Å². The van der Waals surface area contributed by atoms with Crippen LogP contribution in [0.5, 0.6) is 0 Å². The van der Waals surface area contributed by atoms with Crippen molar-refractivity contribution in [1.82, 2.24) is 4.90 Å². The first kappa shape index (κ1) is 16.6. The van der Waals surface area contributed by atoms with Crippen molar-refractivity contribution in [3.05, 3.63) is 59.0 Å². The summed E-state index contributed by atoms with van der Waals surface area (Å²) in [5, 5.41) is 9.93. The number of β-amino-alcohol motifs (C(OH)–C–C–N with tert-alkyl or cyclic N) is 1. The molecule has 3 rings (SSSR count). The lowest BCUT2D eigenvalue weighted by Gasteiger charge is -2.24. The molecular formula is C17H16F3NO3. The van der Waals surface area contributed by atoms with Crippen molar-refractivity contribution in [1.29, 1.82) is 0 Å². The van der Waals surface area contributed by atoms with E-state index in [9.17, 15) is 23.1 Å². The topological polar surface area (TPSA) is 53.7 Å². The number of aliphatic hydroxyl groups excluding tert-OH is 1. The molecule has 2 atom stereocenters. The SMILES string of the molecule is Cc1ccoc1C(=O)N1CC(O)CC1c1cccc(C(F)(F)F)c1. The van der Waals surface area contributed by atoms with Crippen LogP contribution < -0.4 is 0 Å². The quantitative estimate of drug-likeness (QED) is 0.910. The summed E-state index contributed by atoms with van der Waals surface area (Å²) in [6.45, 7) is 1.77. The number of benzene rings is 1. The number of amides is 1. The van der Waals surface area contributed by atoms with Crippen LogP contribution in [0.1, 0.15) is 39.7 Å². The maximum atomic E-state index is 12.9. The van der Waals surface area contributed by atoms with Gasteiger partial charge in [-0.25, -0.2) is 0 Å². The molecule has 1 aliphatic rings. The third kappa shape index (κ3) is 3.03. The van der Waals surface area contributed by atoms with Gasteiger partial charge in [-0.2, -0.15) is 13.2 Å². The van der Waals surface area contributed by atoms with Gasteiger partial charge in [-0.05, 0) is 37.1 Å². The zero-order valence-electron chi connectivity index (χ0n) is 12.9. The molecule has 1 aromatic carbocycles. The summed E-state index contributed by atoms with van der Waals surface area (Å²) in [6.07, 6.45) is -3.68. The molecule has 1 saturated heterocycles. The van der Waals surface area contributed by atoms with E-state index in [4.69, 9.17) is 4.42 Å². The van der Waals surface area contributed by atoms with Crippen LogP contribution in [0.15, 0.2) is 41.0 Å². The van der Waals surface area contributed by atoms with Gasteiger partial charge >= 0.3 is 6.18 Å². The highest BCUT2D eigenvalue weighted by molar-refractivity contribution is 5.93. The standard InChI is InChI=1S/C17H16F3NO3/c1-10-5-6-24-15(10)16(23)21-9-13(22)8-14(21)11-3-2-4-12(7-11)17(18,19)20/h2-7,13-14,22H,8-9H2,1H3. The number of aryl methyl sites for hydroxylation is 1. The Morgan fingerprint density at radius 2 is 2.08 bits per heavy atom. The van der Waals surface area contributed by atoms with Crippen LogP contribution >= 0.6 is 0 Å². The van der Waals surface area contributed by atoms with Gasteiger partial charge in [0.05, 0.1) is 24.0 Å². The molecule has 0 spiro atoms. The van der Waals surface area contributed by atoms with Crippen LogP contribution in [-0.2, 0) is 6.18 Å². The molecule has 2 heterocycles. The number of carbonyl (C=O) groups excluding carboxylic acids is 1. The maximum Gasteiger partial charge on any atom is 0.416 e. The lowest BCUT2D eigenvalue weighted by molar-refractivity contribution is -0.137. The van der Waals surface area contributed by atoms with Gasteiger partial charge in [0.2, 0.25) is 0 Å². The Balaban J connectivity index is 1.94. The molecule has 4 nitrogen and oxygen atoms in total. The molecule has 24 heavy (non-hydrogen) atoms. The van der Waals surface area contributed by atoms with Crippen LogP contribution in [0.4, 0.5) is 13.2 Å². The summed E-state index contributed by atoms with van der Waals surface area (Å²) in [5.41, 5.74) is 0.214. The fraction of sp³-hybridized carbons (Fsp3) is 0.353. The molecule has 0 aliphatic carbocycles. The lowest BCUT2D eigenvalue weighted by atomic mass is 10.0. The van der Waals surface area contributed by atoms with Crippen LogP contribution in [0.2, 0.25) is 0 Å². The highest BCUT2D eigenvalue weighted by atomic mass is 19.4. The molecule has 1 aromatic heterocycles. The Hall–Kier alpha value is -2.28. The van der Waals surface area contributed by atoms with E-state index < -0.39 is 29.8 Å². The minimum absolute atomic E-state index is 0.0554. The molecule has 128 valence electrons. The van der Waals surface area contributed by atoms with Gasteiger partial charge in [0.15, 0.2) is 5.76 Å². The third-order valence-electron chi connectivity index (χ3n) is 4.19. The highest BCUT2D eigenvalue weighted by Crippen LogP contribution is 2.37. The fourth-order valence-electron chi connectivity index (χ4n) is 3.00. The summed E-state index contributed by atoms with van der Waals surface area (Å²) < 4.78 is 43.9. The molecule has 7 heteroatoms. The Bertz CT molecular complexity index is 754. The Kier molecular flexibility index (Phi) is 4.13. The number of aliphatic hydroxyl groups is 1. The predicted molar refractivity (Wildman–Crippen MR) is 79.3 cm³/mol. The zero-order valence-corrected chi connectivity index (χ0v) is 12.9. The predicted octanol–water partition coefficient (Wildman–Crippen LogP) is 3.55. The van der Waals surface area contributed by atoms with E-state index in [0.29, 0.717) is 11.1 Å². The summed E-state index contributed by atoms with van der Waals surface area (Å²) in [5.74, 6) is -0.294. The second kappa shape index (κ2) is 5.98.